The number of amides is 2. The van der Waals surface area contributed by atoms with Crippen LogP contribution >= 0.6 is 23.2 Å². The van der Waals surface area contributed by atoms with Gasteiger partial charge in [0.1, 0.15) is 12.6 Å². The summed E-state index contributed by atoms with van der Waals surface area (Å²) in [6.45, 7) is -0.795. The third-order valence-electron chi connectivity index (χ3n) is 5.86. The number of carbonyl (C=O) groups is 2. The van der Waals surface area contributed by atoms with Crippen molar-refractivity contribution in [3.8, 4) is 0 Å². The van der Waals surface area contributed by atoms with Gasteiger partial charge in [-0.25, -0.2) is 8.42 Å². The predicted molar refractivity (Wildman–Crippen MR) is 150 cm³/mol. The molecule has 0 radical (unpaired) electrons. The van der Waals surface area contributed by atoms with Crippen LogP contribution in [-0.2, 0) is 32.6 Å². The highest BCUT2D eigenvalue weighted by Crippen LogP contribution is 2.26. The number of hydrogen-bond donors (Lipinski definition) is 1. The van der Waals surface area contributed by atoms with Gasteiger partial charge in [-0.2, -0.15) is 0 Å². The first-order valence-corrected chi connectivity index (χ1v) is 14.2. The average molecular weight is 593 g/mol. The van der Waals surface area contributed by atoms with Crippen LogP contribution < -0.4 is 9.62 Å². The molecule has 206 valence electrons. The molecule has 0 saturated carbocycles. The summed E-state index contributed by atoms with van der Waals surface area (Å²) in [6, 6.07) is 17.7. The maximum atomic E-state index is 13.8. The average Bonchev–Trinajstić information content (AvgIpc) is 2.90. The molecular weight excluding hydrogens is 567 g/mol. The predicted octanol–water partition coefficient (Wildman–Crippen LogP) is 4.05. The van der Waals surface area contributed by atoms with E-state index in [-0.39, 0.29) is 29.4 Å². The van der Waals surface area contributed by atoms with E-state index in [1.807, 2.05) is 18.2 Å². The third-order valence-corrected chi connectivity index (χ3v) is 7.74. The summed E-state index contributed by atoms with van der Waals surface area (Å²) in [5.74, 6) is -1.17. The summed E-state index contributed by atoms with van der Waals surface area (Å²) in [5, 5.41) is 14.4. The molecule has 3 aromatic rings. The van der Waals surface area contributed by atoms with Gasteiger partial charge in [0, 0.05) is 32.1 Å². The lowest BCUT2D eigenvalue weighted by Crippen LogP contribution is -2.52. The molecule has 0 unspecified atom stereocenters. The van der Waals surface area contributed by atoms with Crippen LogP contribution in [0, 0.1) is 10.1 Å². The van der Waals surface area contributed by atoms with Crippen molar-refractivity contribution in [3.05, 3.63) is 104 Å². The molecule has 1 N–H and O–H groups in total. The number of hydrogen-bond acceptors (Lipinski definition) is 6. The van der Waals surface area contributed by atoms with Crippen molar-refractivity contribution in [1.82, 2.24) is 10.2 Å². The molecule has 39 heavy (non-hydrogen) atoms. The molecule has 10 nitrogen and oxygen atoms in total. The molecule has 0 aromatic heterocycles. The second kappa shape index (κ2) is 12.9. The van der Waals surface area contributed by atoms with Crippen LogP contribution in [0.5, 0.6) is 0 Å². The van der Waals surface area contributed by atoms with E-state index in [1.165, 1.54) is 30.1 Å². The number of benzene rings is 3. The minimum atomic E-state index is -4.06. The van der Waals surface area contributed by atoms with Gasteiger partial charge in [0.15, 0.2) is 0 Å². The van der Waals surface area contributed by atoms with Gasteiger partial charge >= 0.3 is 0 Å². The van der Waals surface area contributed by atoms with Crippen molar-refractivity contribution in [1.29, 1.82) is 0 Å². The molecule has 0 fully saturated rings. The van der Waals surface area contributed by atoms with Crippen molar-refractivity contribution < 1.29 is 22.9 Å². The zero-order valence-electron chi connectivity index (χ0n) is 21.1. The number of nitrogens with zero attached hydrogens (tertiary/aromatic N) is 3. The lowest BCUT2D eigenvalue weighted by Gasteiger charge is -2.33. The first-order chi connectivity index (χ1) is 18.4. The number of non-ortho nitro benzene ring substituents is 1. The fourth-order valence-corrected chi connectivity index (χ4v) is 5.09. The maximum absolute atomic E-state index is 13.8. The zero-order valence-corrected chi connectivity index (χ0v) is 23.4. The van der Waals surface area contributed by atoms with E-state index in [1.54, 1.807) is 30.3 Å². The number of anilines is 1. The fourth-order valence-electron chi connectivity index (χ4n) is 3.93. The van der Waals surface area contributed by atoms with E-state index in [4.69, 9.17) is 23.2 Å². The molecule has 0 saturated heterocycles. The topological polar surface area (TPSA) is 130 Å². The molecule has 0 aliphatic rings. The molecule has 0 aliphatic heterocycles. The maximum Gasteiger partial charge on any atom is 0.271 e. The van der Waals surface area contributed by atoms with E-state index in [0.717, 1.165) is 22.2 Å². The Morgan fingerprint density at radius 3 is 2.26 bits per heavy atom. The number of likely N-dealkylation sites (N-methyl/N-ethyl adjacent to an activating group) is 1. The van der Waals surface area contributed by atoms with Crippen molar-refractivity contribution in [3.63, 3.8) is 0 Å². The molecule has 2 amide bonds. The van der Waals surface area contributed by atoms with Crippen LogP contribution in [-0.4, -0.2) is 55.9 Å². The van der Waals surface area contributed by atoms with E-state index in [2.05, 4.69) is 5.32 Å². The van der Waals surface area contributed by atoms with Crippen LogP contribution in [0.1, 0.15) is 11.1 Å². The molecule has 3 rings (SSSR count). The lowest BCUT2D eigenvalue weighted by molar-refractivity contribution is -0.384. The first-order valence-electron chi connectivity index (χ1n) is 11.6. The quantitative estimate of drug-likeness (QED) is 0.264. The van der Waals surface area contributed by atoms with Crippen molar-refractivity contribution >= 4 is 56.4 Å². The van der Waals surface area contributed by atoms with Gasteiger partial charge in [0.05, 0.1) is 26.9 Å². The number of halogens is 2. The van der Waals surface area contributed by atoms with Crippen LogP contribution in [0.15, 0.2) is 72.8 Å². The van der Waals surface area contributed by atoms with Gasteiger partial charge in [0.2, 0.25) is 21.8 Å². The highest BCUT2D eigenvalue weighted by atomic mass is 35.5. The van der Waals surface area contributed by atoms with E-state index < -0.39 is 39.3 Å². The lowest BCUT2D eigenvalue weighted by atomic mass is 10.0. The summed E-state index contributed by atoms with van der Waals surface area (Å²) in [4.78, 5) is 38.8. The SMILES string of the molecule is CNC(=O)[C@H](Cc1ccccc1)N(Cc1ccc(Cl)c(Cl)c1)C(=O)CN(c1cccc([N+](=O)[O-])c1)S(C)(=O)=O. The smallest absolute Gasteiger partial charge is 0.271 e. The summed E-state index contributed by atoms with van der Waals surface area (Å²) >= 11 is 12.2. The minimum absolute atomic E-state index is 0.0610. The number of sulfonamides is 1. The van der Waals surface area contributed by atoms with Gasteiger partial charge in [0.25, 0.3) is 5.69 Å². The van der Waals surface area contributed by atoms with Crippen molar-refractivity contribution in [2.45, 2.75) is 19.0 Å². The van der Waals surface area contributed by atoms with Gasteiger partial charge in [-0.3, -0.25) is 24.0 Å². The Hall–Kier alpha value is -3.67. The Morgan fingerprint density at radius 2 is 1.67 bits per heavy atom. The Kier molecular flexibility index (Phi) is 9.90. The number of nitro groups is 1. The monoisotopic (exact) mass is 592 g/mol. The largest absolute Gasteiger partial charge is 0.357 e. The van der Waals surface area contributed by atoms with Gasteiger partial charge in [-0.05, 0) is 29.3 Å². The first kappa shape index (κ1) is 29.9. The van der Waals surface area contributed by atoms with Gasteiger partial charge < -0.3 is 10.2 Å². The Morgan fingerprint density at radius 1 is 0.974 bits per heavy atom. The third kappa shape index (κ3) is 7.92. The van der Waals surface area contributed by atoms with Gasteiger partial charge in [-0.15, -0.1) is 0 Å². The second-order valence-electron chi connectivity index (χ2n) is 8.64. The Labute approximate surface area is 236 Å². The fraction of sp³-hybridized carbons (Fsp3) is 0.231. The van der Waals surface area contributed by atoms with Crippen molar-refractivity contribution in [2.75, 3.05) is 24.2 Å². The molecule has 0 aliphatic carbocycles. The molecule has 0 bridgehead atoms. The van der Waals surface area contributed by atoms with E-state index >= 15 is 0 Å². The molecular formula is C26H26Cl2N4O6S. The molecule has 3 aromatic carbocycles. The number of nitro benzene ring substituents is 1. The molecule has 13 heteroatoms. The van der Waals surface area contributed by atoms with Crippen LogP contribution in [0.3, 0.4) is 0 Å². The van der Waals surface area contributed by atoms with Crippen LogP contribution in [0.2, 0.25) is 10.0 Å². The zero-order chi connectivity index (χ0) is 28.7. The summed E-state index contributed by atoms with van der Waals surface area (Å²) in [5.41, 5.74) is 0.931. The van der Waals surface area contributed by atoms with Crippen LogP contribution in [0.4, 0.5) is 11.4 Å². The summed E-state index contributed by atoms with van der Waals surface area (Å²) in [6.07, 6.45) is 1.03. The number of nitrogens with one attached hydrogen (secondary N) is 1. The van der Waals surface area contributed by atoms with E-state index in [9.17, 15) is 28.1 Å². The van der Waals surface area contributed by atoms with Crippen LogP contribution in [0.25, 0.3) is 0 Å². The highest BCUT2D eigenvalue weighted by molar-refractivity contribution is 7.92. The molecule has 0 spiro atoms. The highest BCUT2D eigenvalue weighted by Gasteiger charge is 2.33. The Balaban J connectivity index is 2.06. The standard InChI is InChI=1S/C26H26Cl2N4O6S/c1-29-26(34)24(14-18-7-4-3-5-8-18)30(16-19-11-12-22(27)23(28)13-19)25(33)17-31(39(2,37)38)20-9-6-10-21(15-20)32(35)36/h3-13,15,24H,14,16-17H2,1-2H3,(H,29,34)/t24-/m0/s1. The van der Waals surface area contributed by atoms with E-state index in [0.29, 0.717) is 10.6 Å². The Bertz CT molecular complexity index is 1470. The van der Waals surface area contributed by atoms with Gasteiger partial charge in [-0.1, -0.05) is 65.7 Å². The summed E-state index contributed by atoms with van der Waals surface area (Å²) in [7, 11) is -2.62. The summed E-state index contributed by atoms with van der Waals surface area (Å²) < 4.78 is 26.2. The normalized spacial score (nSPS) is 11.9. The van der Waals surface area contributed by atoms with Crippen molar-refractivity contribution in [2.24, 2.45) is 0 Å². The molecule has 1 atom stereocenters. The second-order valence-corrected chi connectivity index (χ2v) is 11.4. The minimum Gasteiger partial charge on any atom is -0.357 e. The number of rotatable bonds is 11. The molecule has 0 heterocycles. The number of carbonyl (C=O) groups excluding carboxylic acids is 2.